The maximum atomic E-state index is 12.4. The molecule has 1 aromatic heterocycles. The van der Waals surface area contributed by atoms with E-state index in [4.69, 9.17) is 5.73 Å². The number of halogens is 4. The van der Waals surface area contributed by atoms with E-state index in [9.17, 15) is 13.6 Å². The van der Waals surface area contributed by atoms with Gasteiger partial charge in [-0.05, 0) is 38.5 Å². The normalized spacial score (nSPS) is 10.6. The van der Waals surface area contributed by atoms with Crippen LogP contribution >= 0.6 is 38.5 Å². The molecule has 0 spiro atoms. The van der Waals surface area contributed by atoms with E-state index >= 15 is 0 Å². The number of hydrogen-bond acceptors (Lipinski definition) is 2. The van der Waals surface area contributed by atoms with E-state index < -0.39 is 17.9 Å². The van der Waals surface area contributed by atoms with Gasteiger partial charge >= 0.3 is 0 Å². The maximum absolute atomic E-state index is 12.4. The van der Waals surface area contributed by atoms with Crippen LogP contribution in [0.25, 0.3) is 0 Å². The van der Waals surface area contributed by atoms with E-state index in [0.717, 1.165) is 6.20 Å². The third-order valence-corrected chi connectivity index (χ3v) is 3.88. The van der Waals surface area contributed by atoms with Crippen LogP contribution in [-0.2, 0) is 0 Å². The van der Waals surface area contributed by atoms with Crippen LogP contribution in [0.4, 0.5) is 8.78 Å². The summed E-state index contributed by atoms with van der Waals surface area (Å²) >= 11 is 4.76. The lowest BCUT2D eigenvalue weighted by atomic mass is 10.1. The number of hydrogen-bond donors (Lipinski definition) is 1. The Morgan fingerprint density at radius 1 is 1.64 bits per heavy atom. The number of carbonyl (C=O) groups excluding carboxylic acids is 1. The fourth-order valence-electron chi connectivity index (χ4n) is 0.893. The molecule has 0 aliphatic rings. The number of pyridine rings is 1. The van der Waals surface area contributed by atoms with E-state index in [1.807, 2.05) is 0 Å². The second-order valence-electron chi connectivity index (χ2n) is 2.36. The zero-order valence-corrected chi connectivity index (χ0v) is 10.3. The molecule has 7 heteroatoms. The first-order chi connectivity index (χ1) is 6.45. The molecule has 1 rings (SSSR count). The third kappa shape index (κ3) is 2.19. The van der Waals surface area contributed by atoms with E-state index in [1.54, 1.807) is 22.6 Å². The van der Waals surface area contributed by atoms with Crippen molar-refractivity contribution in [2.24, 2.45) is 5.73 Å². The lowest BCUT2D eigenvalue weighted by molar-refractivity contribution is 0.0984. The summed E-state index contributed by atoms with van der Waals surface area (Å²) in [7, 11) is 0. The van der Waals surface area contributed by atoms with Gasteiger partial charge in [-0.3, -0.25) is 4.79 Å². The molecule has 0 saturated heterocycles. The summed E-state index contributed by atoms with van der Waals surface area (Å²) in [6.45, 7) is 0. The van der Waals surface area contributed by atoms with Gasteiger partial charge in [-0.15, -0.1) is 0 Å². The van der Waals surface area contributed by atoms with E-state index in [-0.39, 0.29) is 5.56 Å². The summed E-state index contributed by atoms with van der Waals surface area (Å²) in [5.41, 5.74) is 4.38. The molecule has 0 atom stereocenters. The minimum absolute atomic E-state index is 0.178. The lowest BCUT2D eigenvalue weighted by Crippen LogP contribution is -2.16. The molecule has 0 bridgehead atoms. The Morgan fingerprint density at radius 3 is 2.64 bits per heavy atom. The van der Waals surface area contributed by atoms with Gasteiger partial charge in [-0.1, -0.05) is 0 Å². The van der Waals surface area contributed by atoms with Crippen molar-refractivity contribution in [3.05, 3.63) is 25.5 Å². The van der Waals surface area contributed by atoms with Crippen molar-refractivity contribution in [2.75, 3.05) is 0 Å². The highest BCUT2D eigenvalue weighted by Gasteiger charge is 2.21. The Balaban J connectivity index is 3.45. The predicted molar refractivity (Wildman–Crippen MR) is 58.1 cm³/mol. The summed E-state index contributed by atoms with van der Waals surface area (Å²) < 4.78 is 25.5. The van der Waals surface area contributed by atoms with Crippen LogP contribution in [0.15, 0.2) is 10.8 Å². The number of amides is 1. The Morgan fingerprint density at radius 2 is 2.21 bits per heavy atom. The Hall–Kier alpha value is -0.310. The third-order valence-electron chi connectivity index (χ3n) is 1.49. The van der Waals surface area contributed by atoms with Crippen LogP contribution in [0.1, 0.15) is 22.3 Å². The average molecular weight is 377 g/mol. The summed E-state index contributed by atoms with van der Waals surface area (Å²) in [6, 6.07) is 0. The van der Waals surface area contributed by atoms with Crippen LogP contribution in [0, 0.1) is 3.57 Å². The van der Waals surface area contributed by atoms with Gasteiger partial charge in [0.15, 0.2) is 0 Å². The zero-order chi connectivity index (χ0) is 10.9. The highest BCUT2D eigenvalue weighted by atomic mass is 127. The minimum Gasteiger partial charge on any atom is -0.366 e. The lowest BCUT2D eigenvalue weighted by Gasteiger charge is -2.08. The first-order valence-corrected chi connectivity index (χ1v) is 5.24. The number of primary amides is 1. The summed E-state index contributed by atoms with van der Waals surface area (Å²) in [5, 5.41) is 0. The molecule has 1 aromatic rings. The van der Waals surface area contributed by atoms with Crippen molar-refractivity contribution >= 4 is 44.4 Å². The minimum atomic E-state index is -2.76. The molecule has 3 nitrogen and oxygen atoms in total. The molecule has 76 valence electrons. The van der Waals surface area contributed by atoms with Gasteiger partial charge in [0.2, 0.25) is 5.91 Å². The average Bonchev–Trinajstić information content (AvgIpc) is 2.08. The van der Waals surface area contributed by atoms with Crippen LogP contribution in [0.5, 0.6) is 0 Å². The second-order valence-corrected chi connectivity index (χ2v) is 4.19. The molecule has 0 aromatic carbocycles. The fourth-order valence-corrected chi connectivity index (χ4v) is 1.91. The molecule has 0 fully saturated rings. The Kier molecular flexibility index (Phi) is 3.76. The van der Waals surface area contributed by atoms with Crippen molar-refractivity contribution < 1.29 is 13.6 Å². The van der Waals surface area contributed by atoms with Crippen LogP contribution in [0.2, 0.25) is 0 Å². The van der Waals surface area contributed by atoms with Crippen molar-refractivity contribution in [3.8, 4) is 0 Å². The molecule has 0 unspecified atom stereocenters. The summed E-state index contributed by atoms with van der Waals surface area (Å²) in [6.07, 6.45) is -1.82. The van der Waals surface area contributed by atoms with Gasteiger partial charge < -0.3 is 5.73 Å². The standard InChI is InChI=1S/C7H4BrF2IN2O/c8-5-4(11)3(7(12)14)2(1-13-5)6(9)10/h1,6H,(H2,12,14). The molecule has 1 heterocycles. The van der Waals surface area contributed by atoms with Crippen LogP contribution in [-0.4, -0.2) is 10.9 Å². The van der Waals surface area contributed by atoms with Crippen LogP contribution in [0.3, 0.4) is 0 Å². The topological polar surface area (TPSA) is 56.0 Å². The van der Waals surface area contributed by atoms with Crippen molar-refractivity contribution in [2.45, 2.75) is 6.43 Å². The smallest absolute Gasteiger partial charge is 0.266 e. The number of nitrogens with zero attached hydrogens (tertiary/aromatic N) is 1. The van der Waals surface area contributed by atoms with Crippen molar-refractivity contribution in [1.29, 1.82) is 0 Å². The fraction of sp³-hybridized carbons (Fsp3) is 0.143. The first kappa shape index (κ1) is 11.8. The highest BCUT2D eigenvalue weighted by molar-refractivity contribution is 14.1. The van der Waals surface area contributed by atoms with Gasteiger partial charge in [0, 0.05) is 11.8 Å². The first-order valence-electron chi connectivity index (χ1n) is 3.37. The molecule has 0 saturated carbocycles. The molecular weight excluding hydrogens is 373 g/mol. The number of rotatable bonds is 2. The molecule has 14 heavy (non-hydrogen) atoms. The highest BCUT2D eigenvalue weighted by Crippen LogP contribution is 2.29. The van der Waals surface area contributed by atoms with Crippen molar-refractivity contribution in [1.82, 2.24) is 4.98 Å². The van der Waals surface area contributed by atoms with Gasteiger partial charge in [-0.2, -0.15) is 0 Å². The van der Waals surface area contributed by atoms with Gasteiger partial charge in [0.25, 0.3) is 6.43 Å². The Bertz CT molecular complexity index is 386. The molecule has 0 aliphatic carbocycles. The molecule has 0 aliphatic heterocycles. The van der Waals surface area contributed by atoms with Gasteiger partial charge in [0.05, 0.1) is 9.13 Å². The van der Waals surface area contributed by atoms with Crippen LogP contribution < -0.4 is 5.73 Å². The SMILES string of the molecule is NC(=O)c1c(C(F)F)cnc(Br)c1I. The van der Waals surface area contributed by atoms with Gasteiger partial charge in [-0.25, -0.2) is 13.8 Å². The number of carbonyl (C=O) groups is 1. The quantitative estimate of drug-likeness (QED) is 0.636. The number of nitrogens with two attached hydrogens (primary N) is 1. The molecule has 1 amide bonds. The van der Waals surface area contributed by atoms with Gasteiger partial charge in [0.1, 0.15) is 4.60 Å². The summed E-state index contributed by atoms with van der Waals surface area (Å²) in [4.78, 5) is 14.6. The zero-order valence-electron chi connectivity index (χ0n) is 6.60. The molecule has 0 radical (unpaired) electrons. The van der Waals surface area contributed by atoms with E-state index in [1.165, 1.54) is 0 Å². The maximum Gasteiger partial charge on any atom is 0.266 e. The van der Waals surface area contributed by atoms with E-state index in [0.29, 0.717) is 8.17 Å². The van der Waals surface area contributed by atoms with E-state index in [2.05, 4.69) is 20.9 Å². The second kappa shape index (κ2) is 4.47. The molecule has 2 N–H and O–H groups in total. The number of aromatic nitrogens is 1. The monoisotopic (exact) mass is 376 g/mol. The largest absolute Gasteiger partial charge is 0.366 e. The van der Waals surface area contributed by atoms with Crippen molar-refractivity contribution in [3.63, 3.8) is 0 Å². The number of alkyl halides is 2. The summed E-state index contributed by atoms with van der Waals surface area (Å²) in [5.74, 6) is -0.882. The predicted octanol–water partition coefficient (Wildman–Crippen LogP) is 2.49. The Labute approximate surface area is 100 Å². The molecular formula is C7H4BrF2IN2O.